The van der Waals surface area contributed by atoms with E-state index in [-0.39, 0.29) is 11.8 Å². The lowest BCUT2D eigenvalue weighted by atomic mass is 10.1. The normalized spacial score (nSPS) is 13.1. The van der Waals surface area contributed by atoms with Crippen molar-refractivity contribution >= 4 is 17.5 Å². The first-order valence-electron chi connectivity index (χ1n) is 11.1. The maximum Gasteiger partial charge on any atom is 0.255 e. The van der Waals surface area contributed by atoms with Crippen LogP contribution < -0.4 is 14.8 Å². The number of amides is 2. The Kier molecular flexibility index (Phi) is 7.19. The highest BCUT2D eigenvalue weighted by Gasteiger charge is 2.20. The maximum atomic E-state index is 12.9. The number of aromatic nitrogens is 1. The molecule has 170 valence electrons. The van der Waals surface area contributed by atoms with Crippen molar-refractivity contribution in [2.24, 2.45) is 0 Å². The minimum Gasteiger partial charge on any atom is -0.490 e. The highest BCUT2D eigenvalue weighted by molar-refractivity contribution is 6.04. The molecule has 1 aliphatic rings. The van der Waals surface area contributed by atoms with Crippen molar-refractivity contribution < 1.29 is 19.1 Å². The van der Waals surface area contributed by atoms with Crippen molar-refractivity contribution in [1.82, 2.24) is 9.88 Å². The van der Waals surface area contributed by atoms with Crippen molar-refractivity contribution in [2.75, 3.05) is 18.5 Å². The number of ether oxygens (including phenoxy) is 2. The number of hydrogen-bond donors (Lipinski definition) is 1. The summed E-state index contributed by atoms with van der Waals surface area (Å²) in [5, 5.41) is 2.94. The zero-order chi connectivity index (χ0) is 23.0. The summed E-state index contributed by atoms with van der Waals surface area (Å²) in [4.78, 5) is 30.6. The van der Waals surface area contributed by atoms with E-state index in [0.717, 1.165) is 24.1 Å². The van der Waals surface area contributed by atoms with Crippen LogP contribution in [0.5, 0.6) is 11.5 Å². The third-order valence-electron chi connectivity index (χ3n) is 5.38. The fourth-order valence-electron chi connectivity index (χ4n) is 3.72. The van der Waals surface area contributed by atoms with Gasteiger partial charge in [0.1, 0.15) is 6.61 Å². The SMILES string of the molecule is CCOc1cc(C(=O)Nc2cccc(CN3CCCC3=O)c2)ccc1OCc1ccncc1. The topological polar surface area (TPSA) is 80.8 Å². The highest BCUT2D eigenvalue weighted by atomic mass is 16.5. The Balaban J connectivity index is 1.43. The first kappa shape index (κ1) is 22.3. The van der Waals surface area contributed by atoms with Crippen molar-refractivity contribution in [3.8, 4) is 11.5 Å². The summed E-state index contributed by atoms with van der Waals surface area (Å²) in [7, 11) is 0. The second kappa shape index (κ2) is 10.6. The molecular weight excluding hydrogens is 418 g/mol. The fraction of sp³-hybridized carbons (Fsp3) is 0.269. The third kappa shape index (κ3) is 5.88. The Labute approximate surface area is 193 Å². The van der Waals surface area contributed by atoms with Gasteiger partial charge in [0.15, 0.2) is 11.5 Å². The number of anilines is 1. The molecule has 2 aromatic carbocycles. The zero-order valence-corrected chi connectivity index (χ0v) is 18.6. The molecule has 7 heteroatoms. The van der Waals surface area contributed by atoms with E-state index < -0.39 is 0 Å². The van der Waals surface area contributed by atoms with Crippen LogP contribution in [-0.2, 0) is 17.9 Å². The molecule has 0 radical (unpaired) electrons. The van der Waals surface area contributed by atoms with Crippen molar-refractivity contribution in [3.63, 3.8) is 0 Å². The number of carbonyl (C=O) groups excluding carboxylic acids is 2. The summed E-state index contributed by atoms with van der Waals surface area (Å²) < 4.78 is 11.6. The molecule has 1 N–H and O–H groups in total. The molecule has 33 heavy (non-hydrogen) atoms. The van der Waals surface area contributed by atoms with E-state index in [2.05, 4.69) is 10.3 Å². The molecule has 7 nitrogen and oxygen atoms in total. The number of hydrogen-bond acceptors (Lipinski definition) is 5. The molecule has 1 saturated heterocycles. The second-order valence-corrected chi connectivity index (χ2v) is 7.81. The van der Waals surface area contributed by atoms with Crippen LogP contribution >= 0.6 is 0 Å². The molecule has 2 amide bonds. The number of carbonyl (C=O) groups is 2. The van der Waals surface area contributed by atoms with Crippen LogP contribution in [0.15, 0.2) is 67.0 Å². The van der Waals surface area contributed by atoms with Gasteiger partial charge in [-0.05, 0) is 66.9 Å². The Morgan fingerprint density at radius 3 is 2.64 bits per heavy atom. The number of benzene rings is 2. The maximum absolute atomic E-state index is 12.9. The molecule has 1 aliphatic heterocycles. The molecule has 0 spiro atoms. The Morgan fingerprint density at radius 2 is 1.88 bits per heavy atom. The minimum atomic E-state index is -0.244. The molecule has 0 aliphatic carbocycles. The van der Waals surface area contributed by atoms with Gasteiger partial charge in [-0.1, -0.05) is 12.1 Å². The van der Waals surface area contributed by atoms with Crippen LogP contribution in [0.4, 0.5) is 5.69 Å². The summed E-state index contributed by atoms with van der Waals surface area (Å²) in [5.41, 5.74) is 3.12. The van der Waals surface area contributed by atoms with Crippen LogP contribution in [0.1, 0.15) is 41.3 Å². The van der Waals surface area contributed by atoms with Crippen LogP contribution in [-0.4, -0.2) is 34.8 Å². The van der Waals surface area contributed by atoms with E-state index >= 15 is 0 Å². The lowest BCUT2D eigenvalue weighted by molar-refractivity contribution is -0.128. The summed E-state index contributed by atoms with van der Waals surface area (Å²) in [6.45, 7) is 4.05. The van der Waals surface area contributed by atoms with Gasteiger partial charge in [-0.15, -0.1) is 0 Å². The van der Waals surface area contributed by atoms with Gasteiger partial charge in [-0.2, -0.15) is 0 Å². The van der Waals surface area contributed by atoms with Crippen molar-refractivity contribution in [3.05, 3.63) is 83.7 Å². The van der Waals surface area contributed by atoms with E-state index in [9.17, 15) is 9.59 Å². The number of rotatable bonds is 9. The van der Waals surface area contributed by atoms with Gasteiger partial charge in [0, 0.05) is 43.2 Å². The largest absolute Gasteiger partial charge is 0.490 e. The first-order chi connectivity index (χ1) is 16.1. The van der Waals surface area contributed by atoms with E-state index in [1.807, 2.05) is 48.2 Å². The van der Waals surface area contributed by atoms with E-state index in [4.69, 9.17) is 9.47 Å². The molecule has 3 aromatic rings. The molecule has 4 rings (SSSR count). The predicted molar refractivity (Wildman–Crippen MR) is 125 cm³/mol. The second-order valence-electron chi connectivity index (χ2n) is 7.81. The molecule has 0 bridgehead atoms. The summed E-state index contributed by atoms with van der Waals surface area (Å²) in [6.07, 6.45) is 4.95. The molecule has 2 heterocycles. The number of nitrogens with zero attached hydrogens (tertiary/aromatic N) is 2. The summed E-state index contributed by atoms with van der Waals surface area (Å²) >= 11 is 0. The molecule has 1 aromatic heterocycles. The van der Waals surface area contributed by atoms with Gasteiger partial charge in [0.05, 0.1) is 6.61 Å². The number of nitrogens with one attached hydrogen (secondary N) is 1. The minimum absolute atomic E-state index is 0.180. The number of likely N-dealkylation sites (tertiary alicyclic amines) is 1. The van der Waals surface area contributed by atoms with E-state index in [1.165, 1.54) is 0 Å². The molecular formula is C26H27N3O4. The average Bonchev–Trinajstić information content (AvgIpc) is 3.23. The van der Waals surface area contributed by atoms with Gasteiger partial charge in [0.25, 0.3) is 5.91 Å². The monoisotopic (exact) mass is 445 g/mol. The average molecular weight is 446 g/mol. The van der Waals surface area contributed by atoms with Crippen LogP contribution in [0.2, 0.25) is 0 Å². The Morgan fingerprint density at radius 1 is 1.03 bits per heavy atom. The van der Waals surface area contributed by atoms with Gasteiger partial charge >= 0.3 is 0 Å². The van der Waals surface area contributed by atoms with Crippen molar-refractivity contribution in [2.45, 2.75) is 32.9 Å². The third-order valence-corrected chi connectivity index (χ3v) is 5.38. The smallest absolute Gasteiger partial charge is 0.255 e. The Bertz CT molecular complexity index is 1120. The first-order valence-corrected chi connectivity index (χ1v) is 11.1. The van der Waals surface area contributed by atoms with Gasteiger partial charge in [-0.3, -0.25) is 14.6 Å². The van der Waals surface area contributed by atoms with Crippen LogP contribution in [0.3, 0.4) is 0 Å². The summed E-state index contributed by atoms with van der Waals surface area (Å²) in [6, 6.07) is 16.5. The van der Waals surface area contributed by atoms with Gasteiger partial charge in [0.2, 0.25) is 5.91 Å². The molecule has 1 fully saturated rings. The highest BCUT2D eigenvalue weighted by Crippen LogP contribution is 2.30. The Hall–Kier alpha value is -3.87. The lowest BCUT2D eigenvalue weighted by Gasteiger charge is -2.16. The fourth-order valence-corrected chi connectivity index (χ4v) is 3.72. The van der Waals surface area contributed by atoms with Crippen LogP contribution in [0.25, 0.3) is 0 Å². The summed E-state index contributed by atoms with van der Waals surface area (Å²) in [5.74, 6) is 1.02. The zero-order valence-electron chi connectivity index (χ0n) is 18.6. The van der Waals surface area contributed by atoms with Gasteiger partial charge in [-0.25, -0.2) is 0 Å². The van der Waals surface area contributed by atoms with E-state index in [0.29, 0.717) is 48.9 Å². The quantitative estimate of drug-likeness (QED) is 0.527. The molecule has 0 saturated carbocycles. The lowest BCUT2D eigenvalue weighted by Crippen LogP contribution is -2.23. The molecule has 0 unspecified atom stereocenters. The van der Waals surface area contributed by atoms with Gasteiger partial charge < -0.3 is 19.7 Å². The molecule has 0 atom stereocenters. The van der Waals surface area contributed by atoms with Crippen LogP contribution in [0, 0.1) is 0 Å². The predicted octanol–water partition coefficient (Wildman–Crippen LogP) is 4.43. The number of pyridine rings is 1. The standard InChI is InChI=1S/C26H27N3O4/c1-2-32-24-16-21(8-9-23(24)33-18-19-10-12-27-13-11-19)26(31)28-22-6-3-5-20(15-22)17-29-14-4-7-25(29)30/h3,5-6,8-13,15-16H,2,4,7,14,17-18H2,1H3,(H,28,31). The van der Waals surface area contributed by atoms with Crippen molar-refractivity contribution in [1.29, 1.82) is 0 Å². The van der Waals surface area contributed by atoms with E-state index in [1.54, 1.807) is 30.6 Å².